The van der Waals surface area contributed by atoms with Crippen molar-refractivity contribution in [1.82, 2.24) is 5.32 Å². The van der Waals surface area contributed by atoms with Crippen molar-refractivity contribution < 1.29 is 9.72 Å². The van der Waals surface area contributed by atoms with Crippen LogP contribution < -0.4 is 5.32 Å². The van der Waals surface area contributed by atoms with E-state index in [4.69, 9.17) is 0 Å². The summed E-state index contributed by atoms with van der Waals surface area (Å²) in [5.41, 5.74) is 0. The number of carbonyl (C=O) groups is 1. The zero-order valence-electron chi connectivity index (χ0n) is 11.4. The Morgan fingerprint density at radius 3 is 2.80 bits per heavy atom. The van der Waals surface area contributed by atoms with Gasteiger partial charge in [0.1, 0.15) is 0 Å². The van der Waals surface area contributed by atoms with Crippen molar-refractivity contribution in [2.24, 2.45) is 17.8 Å². The van der Waals surface area contributed by atoms with Crippen molar-refractivity contribution in [3.63, 3.8) is 0 Å². The summed E-state index contributed by atoms with van der Waals surface area (Å²) in [6.07, 6.45) is 5.17. The van der Waals surface area contributed by atoms with Crippen molar-refractivity contribution in [1.29, 1.82) is 0 Å². The van der Waals surface area contributed by atoms with Gasteiger partial charge in [0.15, 0.2) is 0 Å². The number of hydrogen-bond donors (Lipinski definition) is 1. The second-order valence-electron chi connectivity index (χ2n) is 6.00. The van der Waals surface area contributed by atoms with Crippen LogP contribution in [0.25, 0.3) is 0 Å². The summed E-state index contributed by atoms with van der Waals surface area (Å²) >= 11 is 0.938. The third kappa shape index (κ3) is 2.44. The molecule has 2 fully saturated rings. The lowest BCUT2D eigenvalue weighted by atomic mass is 9.84. The molecule has 0 aliphatic heterocycles. The second-order valence-corrected chi connectivity index (χ2v) is 7.06. The minimum Gasteiger partial charge on any atom is -0.349 e. The number of carbonyl (C=O) groups excluding carboxylic acids is 1. The smallest absolute Gasteiger partial charge is 0.324 e. The Hall–Kier alpha value is -1.43. The van der Waals surface area contributed by atoms with E-state index in [1.807, 2.05) is 0 Å². The van der Waals surface area contributed by atoms with E-state index in [-0.39, 0.29) is 17.0 Å². The first-order valence-electron chi connectivity index (χ1n) is 7.09. The molecule has 2 aliphatic rings. The van der Waals surface area contributed by atoms with Gasteiger partial charge >= 0.3 is 5.00 Å². The van der Waals surface area contributed by atoms with E-state index in [2.05, 4.69) is 12.2 Å². The Kier molecular flexibility index (Phi) is 3.50. The molecule has 0 radical (unpaired) electrons. The maximum atomic E-state index is 12.1. The van der Waals surface area contributed by atoms with Gasteiger partial charge in [0, 0.05) is 12.1 Å². The molecule has 1 aromatic rings. The zero-order valence-corrected chi connectivity index (χ0v) is 12.2. The molecule has 0 spiro atoms. The molecule has 108 valence electrons. The fourth-order valence-corrected chi connectivity index (χ4v) is 4.56. The molecule has 0 aromatic carbocycles. The van der Waals surface area contributed by atoms with E-state index in [0.717, 1.165) is 23.2 Å². The summed E-state index contributed by atoms with van der Waals surface area (Å²) in [4.78, 5) is 22.7. The highest BCUT2D eigenvalue weighted by Crippen LogP contribution is 2.49. The molecule has 1 amide bonds. The molecule has 5 nitrogen and oxygen atoms in total. The first-order valence-corrected chi connectivity index (χ1v) is 7.91. The number of thiophene rings is 1. The topological polar surface area (TPSA) is 72.2 Å². The molecule has 1 aromatic heterocycles. The first-order chi connectivity index (χ1) is 9.54. The quantitative estimate of drug-likeness (QED) is 0.684. The van der Waals surface area contributed by atoms with Crippen LogP contribution >= 0.6 is 11.3 Å². The molecule has 0 unspecified atom stereocenters. The molecule has 2 aliphatic carbocycles. The van der Waals surface area contributed by atoms with E-state index < -0.39 is 4.92 Å². The predicted molar refractivity (Wildman–Crippen MR) is 76.8 cm³/mol. The van der Waals surface area contributed by atoms with Crippen LogP contribution in [0.2, 0.25) is 0 Å². The van der Waals surface area contributed by atoms with Gasteiger partial charge in [-0.05, 0) is 50.0 Å². The molecule has 1 N–H and O–H groups in total. The molecule has 6 heteroatoms. The summed E-state index contributed by atoms with van der Waals surface area (Å²) in [5, 5.41) is 13.7. The van der Waals surface area contributed by atoms with Gasteiger partial charge in [0.2, 0.25) is 0 Å². The van der Waals surface area contributed by atoms with Crippen LogP contribution in [0.5, 0.6) is 0 Å². The molecule has 20 heavy (non-hydrogen) atoms. The van der Waals surface area contributed by atoms with Gasteiger partial charge in [-0.15, -0.1) is 0 Å². The molecule has 0 saturated heterocycles. The van der Waals surface area contributed by atoms with Crippen molar-refractivity contribution in [2.75, 3.05) is 0 Å². The summed E-state index contributed by atoms with van der Waals surface area (Å²) in [6.45, 7) is 2.06. The molecular weight excluding hydrogens is 276 g/mol. The van der Waals surface area contributed by atoms with Crippen LogP contribution in [-0.2, 0) is 0 Å². The van der Waals surface area contributed by atoms with Gasteiger partial charge < -0.3 is 5.32 Å². The number of hydrogen-bond acceptors (Lipinski definition) is 4. The highest BCUT2D eigenvalue weighted by molar-refractivity contribution is 7.17. The van der Waals surface area contributed by atoms with E-state index in [1.54, 1.807) is 0 Å². The minimum absolute atomic E-state index is 0.0164. The number of amides is 1. The lowest BCUT2D eigenvalue weighted by molar-refractivity contribution is -0.380. The maximum Gasteiger partial charge on any atom is 0.324 e. The molecular formula is C14H18N2O3S. The van der Waals surface area contributed by atoms with Crippen LogP contribution in [0.15, 0.2) is 12.1 Å². The van der Waals surface area contributed by atoms with Gasteiger partial charge in [-0.2, -0.15) is 0 Å². The van der Waals surface area contributed by atoms with Gasteiger partial charge in [0.05, 0.1) is 9.80 Å². The van der Waals surface area contributed by atoms with Crippen LogP contribution in [0, 0.1) is 27.9 Å². The van der Waals surface area contributed by atoms with Crippen LogP contribution in [0.3, 0.4) is 0 Å². The van der Waals surface area contributed by atoms with Crippen molar-refractivity contribution >= 4 is 22.2 Å². The molecule has 4 atom stereocenters. The Bertz CT molecular complexity index is 542. The van der Waals surface area contributed by atoms with E-state index in [1.165, 1.54) is 37.8 Å². The van der Waals surface area contributed by atoms with E-state index in [9.17, 15) is 14.9 Å². The molecule has 2 bridgehead atoms. The van der Waals surface area contributed by atoms with E-state index in [0.29, 0.717) is 10.8 Å². The maximum absolute atomic E-state index is 12.1. The van der Waals surface area contributed by atoms with Gasteiger partial charge in [-0.25, -0.2) is 0 Å². The highest BCUT2D eigenvalue weighted by Gasteiger charge is 2.42. The largest absolute Gasteiger partial charge is 0.349 e. The van der Waals surface area contributed by atoms with Crippen molar-refractivity contribution in [3.8, 4) is 0 Å². The lowest BCUT2D eigenvalue weighted by Gasteiger charge is -2.28. The minimum atomic E-state index is -0.458. The van der Waals surface area contributed by atoms with Crippen molar-refractivity contribution in [3.05, 3.63) is 27.1 Å². The van der Waals surface area contributed by atoms with Gasteiger partial charge in [0.25, 0.3) is 5.91 Å². The average molecular weight is 294 g/mol. The number of rotatable bonds is 4. The first kappa shape index (κ1) is 13.5. The second kappa shape index (κ2) is 5.16. The van der Waals surface area contributed by atoms with Crippen LogP contribution in [-0.4, -0.2) is 16.9 Å². The Labute approximate surface area is 121 Å². The third-order valence-corrected chi connectivity index (χ3v) is 5.83. The van der Waals surface area contributed by atoms with E-state index >= 15 is 0 Å². The monoisotopic (exact) mass is 294 g/mol. The Morgan fingerprint density at radius 2 is 2.25 bits per heavy atom. The van der Waals surface area contributed by atoms with Crippen LogP contribution in [0.4, 0.5) is 5.00 Å². The number of nitro groups is 1. The standard InChI is InChI=1S/C14H18N2O3S/c1-8(11-7-9-2-3-10(11)6-9)15-14(17)12-4-5-13(20-12)16(18)19/h4-5,8-11H,2-3,6-7H2,1H3,(H,15,17)/t8-,9+,10+,11-/m1/s1. The Balaban J connectivity index is 1.62. The molecule has 1 heterocycles. The average Bonchev–Trinajstić information content (AvgIpc) is 3.14. The molecule has 3 rings (SSSR count). The summed E-state index contributed by atoms with van der Waals surface area (Å²) in [5.74, 6) is 2.01. The summed E-state index contributed by atoms with van der Waals surface area (Å²) in [6, 6.07) is 3.08. The Morgan fingerprint density at radius 1 is 1.45 bits per heavy atom. The number of fused-ring (bicyclic) bond motifs is 2. The van der Waals surface area contributed by atoms with Crippen LogP contribution in [0.1, 0.15) is 42.3 Å². The summed E-state index contributed by atoms with van der Waals surface area (Å²) in [7, 11) is 0. The van der Waals surface area contributed by atoms with Crippen molar-refractivity contribution in [2.45, 2.75) is 38.6 Å². The highest BCUT2D eigenvalue weighted by atomic mass is 32.1. The predicted octanol–water partition coefficient (Wildman–Crippen LogP) is 3.21. The van der Waals surface area contributed by atoms with Gasteiger partial charge in [-0.1, -0.05) is 17.8 Å². The fraction of sp³-hybridized carbons (Fsp3) is 0.643. The number of nitrogens with zero attached hydrogens (tertiary/aromatic N) is 1. The summed E-state index contributed by atoms with van der Waals surface area (Å²) < 4.78 is 0. The van der Waals surface area contributed by atoms with Gasteiger partial charge in [-0.3, -0.25) is 14.9 Å². The fourth-order valence-electron chi connectivity index (χ4n) is 3.84. The zero-order chi connectivity index (χ0) is 14.3. The normalized spacial score (nSPS) is 29.4. The number of nitrogens with one attached hydrogen (secondary N) is 1. The molecule has 2 saturated carbocycles. The third-order valence-electron chi connectivity index (χ3n) is 4.79. The SMILES string of the molecule is C[C@@H](NC(=O)c1ccc([N+](=O)[O-])s1)[C@H]1C[C@H]2CC[C@H]1C2. The lowest BCUT2D eigenvalue weighted by Crippen LogP contribution is -2.39.